The van der Waals surface area contributed by atoms with Crippen molar-refractivity contribution in [3.8, 4) is 0 Å². The molecular formula is C8H9ClO3S. The molecule has 1 unspecified atom stereocenters. The summed E-state index contributed by atoms with van der Waals surface area (Å²) in [5.41, 5.74) is 0. The number of hydrogen-bond donors (Lipinski definition) is 2. The maximum atomic E-state index is 10.3. The molecule has 0 aliphatic heterocycles. The highest BCUT2D eigenvalue weighted by atomic mass is 35.5. The van der Waals surface area contributed by atoms with Crippen LogP contribution in [0.2, 0.25) is 4.34 Å². The van der Waals surface area contributed by atoms with Crippen LogP contribution < -0.4 is 0 Å². The molecule has 0 fully saturated rings. The van der Waals surface area contributed by atoms with Gasteiger partial charge in [-0.15, -0.1) is 11.3 Å². The van der Waals surface area contributed by atoms with E-state index in [4.69, 9.17) is 21.8 Å². The molecule has 0 radical (unpaired) electrons. The van der Waals surface area contributed by atoms with Crippen molar-refractivity contribution in [3.63, 3.8) is 0 Å². The molecule has 0 bridgehead atoms. The Kier molecular flexibility index (Phi) is 3.71. The fourth-order valence-electron chi connectivity index (χ4n) is 0.889. The lowest BCUT2D eigenvalue weighted by atomic mass is 10.2. The van der Waals surface area contributed by atoms with Crippen LogP contribution in [0.15, 0.2) is 12.1 Å². The first kappa shape index (κ1) is 10.5. The second-order valence-corrected chi connectivity index (χ2v) is 4.40. The number of aliphatic carboxylic acids is 1. The first-order valence-corrected chi connectivity index (χ1v) is 4.94. The number of carboxylic acid groups (broad SMARTS) is 1. The van der Waals surface area contributed by atoms with E-state index in [2.05, 4.69) is 0 Å². The number of halogens is 1. The molecule has 1 rings (SSSR count). The van der Waals surface area contributed by atoms with Gasteiger partial charge in [0.25, 0.3) is 0 Å². The van der Waals surface area contributed by atoms with Crippen molar-refractivity contribution in [3.05, 3.63) is 21.3 Å². The standard InChI is InChI=1S/C8H9ClO3S/c9-7-4-2-5(13-7)1-3-6(10)8(11)12/h2,4,6,10H,1,3H2,(H,11,12). The summed E-state index contributed by atoms with van der Waals surface area (Å²) in [4.78, 5) is 11.2. The highest BCUT2D eigenvalue weighted by Crippen LogP contribution is 2.22. The molecule has 0 aromatic carbocycles. The van der Waals surface area contributed by atoms with Crippen LogP contribution >= 0.6 is 22.9 Å². The molecule has 2 N–H and O–H groups in total. The Balaban J connectivity index is 2.39. The maximum absolute atomic E-state index is 10.3. The van der Waals surface area contributed by atoms with Gasteiger partial charge < -0.3 is 10.2 Å². The van der Waals surface area contributed by atoms with Crippen LogP contribution in [0.5, 0.6) is 0 Å². The zero-order valence-electron chi connectivity index (χ0n) is 6.74. The van der Waals surface area contributed by atoms with Crippen LogP contribution in [0.25, 0.3) is 0 Å². The van der Waals surface area contributed by atoms with Crippen LogP contribution in [0, 0.1) is 0 Å². The van der Waals surface area contributed by atoms with E-state index < -0.39 is 12.1 Å². The minimum absolute atomic E-state index is 0.228. The van der Waals surface area contributed by atoms with Crippen molar-refractivity contribution < 1.29 is 15.0 Å². The van der Waals surface area contributed by atoms with E-state index in [0.717, 1.165) is 4.88 Å². The second kappa shape index (κ2) is 4.60. The van der Waals surface area contributed by atoms with Gasteiger partial charge in [-0.2, -0.15) is 0 Å². The molecule has 0 saturated carbocycles. The van der Waals surface area contributed by atoms with Crippen molar-refractivity contribution in [1.82, 2.24) is 0 Å². The largest absolute Gasteiger partial charge is 0.479 e. The highest BCUT2D eigenvalue weighted by Gasteiger charge is 2.12. The molecule has 72 valence electrons. The Morgan fingerprint density at radius 1 is 1.62 bits per heavy atom. The molecule has 0 saturated heterocycles. The van der Waals surface area contributed by atoms with Crippen LogP contribution in [0.4, 0.5) is 0 Å². The fraction of sp³-hybridized carbons (Fsp3) is 0.375. The topological polar surface area (TPSA) is 57.5 Å². The maximum Gasteiger partial charge on any atom is 0.332 e. The van der Waals surface area contributed by atoms with Gasteiger partial charge in [-0.3, -0.25) is 0 Å². The number of rotatable bonds is 4. The number of carboxylic acids is 1. The van der Waals surface area contributed by atoms with Crippen molar-refractivity contribution in [2.75, 3.05) is 0 Å². The molecule has 0 aliphatic rings. The molecule has 5 heteroatoms. The van der Waals surface area contributed by atoms with Gasteiger partial charge in [0.2, 0.25) is 0 Å². The minimum Gasteiger partial charge on any atom is -0.479 e. The van der Waals surface area contributed by atoms with Crippen LogP contribution in [-0.4, -0.2) is 22.3 Å². The van der Waals surface area contributed by atoms with E-state index >= 15 is 0 Å². The Hall–Kier alpha value is -0.580. The summed E-state index contributed by atoms with van der Waals surface area (Å²) in [7, 11) is 0. The van der Waals surface area contributed by atoms with E-state index in [1.54, 1.807) is 6.07 Å². The minimum atomic E-state index is -1.28. The number of aliphatic hydroxyl groups is 1. The lowest BCUT2D eigenvalue weighted by Gasteiger charge is -2.02. The summed E-state index contributed by atoms with van der Waals surface area (Å²) in [6.07, 6.45) is -0.502. The monoisotopic (exact) mass is 220 g/mol. The molecule has 1 aromatic rings. The van der Waals surface area contributed by atoms with E-state index in [-0.39, 0.29) is 6.42 Å². The highest BCUT2D eigenvalue weighted by molar-refractivity contribution is 7.16. The van der Waals surface area contributed by atoms with Crippen molar-refractivity contribution in [1.29, 1.82) is 0 Å². The molecule has 3 nitrogen and oxygen atoms in total. The van der Waals surface area contributed by atoms with Crippen molar-refractivity contribution >= 4 is 28.9 Å². The normalized spacial score (nSPS) is 12.8. The quantitative estimate of drug-likeness (QED) is 0.813. The summed E-state index contributed by atoms with van der Waals surface area (Å²) in [5, 5.41) is 17.4. The van der Waals surface area contributed by atoms with Gasteiger partial charge in [0.05, 0.1) is 4.34 Å². The molecular weight excluding hydrogens is 212 g/mol. The van der Waals surface area contributed by atoms with Crippen molar-refractivity contribution in [2.24, 2.45) is 0 Å². The molecule has 1 atom stereocenters. The fourth-order valence-corrected chi connectivity index (χ4v) is 1.99. The van der Waals surface area contributed by atoms with Gasteiger partial charge in [-0.25, -0.2) is 4.79 Å². The zero-order chi connectivity index (χ0) is 9.84. The van der Waals surface area contributed by atoms with E-state index in [1.165, 1.54) is 11.3 Å². The number of hydrogen-bond acceptors (Lipinski definition) is 3. The van der Waals surface area contributed by atoms with E-state index in [1.807, 2.05) is 6.07 Å². The van der Waals surface area contributed by atoms with Gasteiger partial charge >= 0.3 is 5.97 Å². The lowest BCUT2D eigenvalue weighted by Crippen LogP contribution is -2.19. The predicted octanol–water partition coefficient (Wildman–Crippen LogP) is 1.78. The Morgan fingerprint density at radius 3 is 2.77 bits per heavy atom. The van der Waals surface area contributed by atoms with Crippen molar-refractivity contribution in [2.45, 2.75) is 18.9 Å². The molecule has 0 aliphatic carbocycles. The summed E-state index contributed by atoms with van der Waals surface area (Å²) in [6, 6.07) is 3.59. The molecule has 1 heterocycles. The average Bonchev–Trinajstić information content (AvgIpc) is 2.47. The zero-order valence-corrected chi connectivity index (χ0v) is 8.31. The summed E-state index contributed by atoms with van der Waals surface area (Å²) >= 11 is 7.08. The van der Waals surface area contributed by atoms with Crippen LogP contribution in [-0.2, 0) is 11.2 Å². The van der Waals surface area contributed by atoms with Gasteiger partial charge in [0, 0.05) is 4.88 Å². The number of aliphatic hydroxyl groups excluding tert-OH is 1. The van der Waals surface area contributed by atoms with Gasteiger partial charge in [0.15, 0.2) is 6.10 Å². The summed E-state index contributed by atoms with van der Waals surface area (Å²) in [5.74, 6) is -1.18. The predicted molar refractivity (Wildman–Crippen MR) is 51.3 cm³/mol. The van der Waals surface area contributed by atoms with Crippen LogP contribution in [0.1, 0.15) is 11.3 Å². The second-order valence-electron chi connectivity index (χ2n) is 2.60. The number of thiophene rings is 1. The Morgan fingerprint density at radius 2 is 2.31 bits per heavy atom. The summed E-state index contributed by atoms with van der Waals surface area (Å²) < 4.78 is 0.680. The third-order valence-corrected chi connectivity index (χ3v) is 2.87. The average molecular weight is 221 g/mol. The first-order chi connectivity index (χ1) is 6.09. The number of aryl methyl sites for hydroxylation is 1. The molecule has 13 heavy (non-hydrogen) atoms. The first-order valence-electron chi connectivity index (χ1n) is 3.74. The molecule has 0 amide bonds. The van der Waals surface area contributed by atoms with Gasteiger partial charge in [-0.1, -0.05) is 11.6 Å². The molecule has 0 spiro atoms. The Bertz CT molecular complexity index is 297. The third-order valence-electron chi connectivity index (χ3n) is 1.58. The lowest BCUT2D eigenvalue weighted by molar-refractivity contribution is -0.146. The third kappa shape index (κ3) is 3.34. The van der Waals surface area contributed by atoms with Gasteiger partial charge in [0.1, 0.15) is 0 Å². The van der Waals surface area contributed by atoms with E-state index in [0.29, 0.717) is 10.8 Å². The van der Waals surface area contributed by atoms with E-state index in [9.17, 15) is 4.79 Å². The summed E-state index contributed by atoms with van der Waals surface area (Å²) in [6.45, 7) is 0. The smallest absolute Gasteiger partial charge is 0.332 e. The SMILES string of the molecule is O=C(O)C(O)CCc1ccc(Cl)s1. The Labute approximate surface area is 84.6 Å². The van der Waals surface area contributed by atoms with Crippen LogP contribution in [0.3, 0.4) is 0 Å². The number of carbonyl (C=O) groups is 1. The molecule has 1 aromatic heterocycles. The van der Waals surface area contributed by atoms with Gasteiger partial charge in [-0.05, 0) is 25.0 Å².